The molecule has 2 heterocycles. The highest BCUT2D eigenvalue weighted by molar-refractivity contribution is 7.99. The van der Waals surface area contributed by atoms with Crippen LogP contribution in [0.4, 0.5) is 0 Å². The summed E-state index contributed by atoms with van der Waals surface area (Å²) in [6.07, 6.45) is 6.78. The van der Waals surface area contributed by atoms with Crippen LogP contribution in [0.1, 0.15) is 19.8 Å². The number of fused-ring (bicyclic) bond motifs is 1. The number of hydrogen-bond donors (Lipinski definition) is 0. The molecular weight excluding hydrogens is 156 g/mol. The number of allylic oxidation sites excluding steroid dienone is 1. The standard InChI is InChI=1S/C8H12N2S/c1-2-4-7-9-11-8-5-3-6-10(7)8/h2,4,8H,3,5-6H2,1H3/b4-2+. The first-order valence-corrected chi connectivity index (χ1v) is 4.88. The molecule has 0 N–H and O–H groups in total. The van der Waals surface area contributed by atoms with Crippen LogP contribution in [0, 0.1) is 0 Å². The van der Waals surface area contributed by atoms with Crippen LogP contribution in [0.5, 0.6) is 0 Å². The minimum absolute atomic E-state index is 0.654. The fourth-order valence-electron chi connectivity index (χ4n) is 1.55. The van der Waals surface area contributed by atoms with E-state index in [0.29, 0.717) is 5.37 Å². The molecule has 2 aliphatic rings. The van der Waals surface area contributed by atoms with Gasteiger partial charge in [-0.05, 0) is 25.8 Å². The highest BCUT2D eigenvalue weighted by Gasteiger charge is 2.31. The minimum atomic E-state index is 0.654. The van der Waals surface area contributed by atoms with Crippen LogP contribution in [-0.4, -0.2) is 22.7 Å². The molecule has 2 rings (SSSR count). The van der Waals surface area contributed by atoms with E-state index in [1.165, 1.54) is 25.2 Å². The molecular formula is C8H12N2S. The predicted molar refractivity (Wildman–Crippen MR) is 49.6 cm³/mol. The molecule has 1 unspecified atom stereocenters. The highest BCUT2D eigenvalue weighted by atomic mass is 32.2. The van der Waals surface area contributed by atoms with Crippen molar-refractivity contribution in [1.29, 1.82) is 0 Å². The largest absolute Gasteiger partial charge is 0.342 e. The van der Waals surface area contributed by atoms with Crippen molar-refractivity contribution in [2.45, 2.75) is 25.1 Å². The summed E-state index contributed by atoms with van der Waals surface area (Å²) >= 11 is 1.72. The van der Waals surface area contributed by atoms with E-state index in [2.05, 4.69) is 21.4 Å². The summed E-state index contributed by atoms with van der Waals surface area (Å²) in [7, 11) is 0. The van der Waals surface area contributed by atoms with Gasteiger partial charge in [0.2, 0.25) is 0 Å². The molecule has 0 bridgehead atoms. The normalized spacial score (nSPS) is 29.7. The van der Waals surface area contributed by atoms with E-state index in [-0.39, 0.29) is 0 Å². The van der Waals surface area contributed by atoms with Gasteiger partial charge in [0.25, 0.3) is 0 Å². The van der Waals surface area contributed by atoms with Crippen molar-refractivity contribution < 1.29 is 0 Å². The monoisotopic (exact) mass is 168 g/mol. The average molecular weight is 168 g/mol. The SMILES string of the molecule is C/C=C/C1=NSC2CCCN12. The predicted octanol–water partition coefficient (Wildman–Crippen LogP) is 2.04. The van der Waals surface area contributed by atoms with Crippen LogP contribution in [-0.2, 0) is 0 Å². The zero-order valence-electron chi connectivity index (χ0n) is 6.66. The van der Waals surface area contributed by atoms with Crippen LogP contribution in [0.25, 0.3) is 0 Å². The van der Waals surface area contributed by atoms with Crippen molar-refractivity contribution in [2.75, 3.05) is 6.54 Å². The molecule has 0 amide bonds. The molecule has 2 nitrogen and oxygen atoms in total. The van der Waals surface area contributed by atoms with Crippen molar-refractivity contribution >= 4 is 17.8 Å². The molecule has 0 saturated carbocycles. The molecule has 0 aromatic carbocycles. The van der Waals surface area contributed by atoms with Crippen molar-refractivity contribution in [3.8, 4) is 0 Å². The molecule has 1 fully saturated rings. The summed E-state index contributed by atoms with van der Waals surface area (Å²) in [5.41, 5.74) is 0. The van der Waals surface area contributed by atoms with Crippen LogP contribution in [0.3, 0.4) is 0 Å². The average Bonchev–Trinajstić information content (AvgIpc) is 2.53. The Morgan fingerprint density at radius 3 is 3.45 bits per heavy atom. The molecule has 60 valence electrons. The lowest BCUT2D eigenvalue weighted by molar-refractivity contribution is 0.502. The van der Waals surface area contributed by atoms with E-state index in [1.807, 2.05) is 6.92 Å². The van der Waals surface area contributed by atoms with Gasteiger partial charge in [-0.25, -0.2) is 0 Å². The Bertz CT molecular complexity index is 210. The molecule has 1 saturated heterocycles. The maximum Gasteiger partial charge on any atom is 0.137 e. The van der Waals surface area contributed by atoms with Gasteiger partial charge in [0.05, 0.1) is 5.37 Å². The van der Waals surface area contributed by atoms with Gasteiger partial charge >= 0.3 is 0 Å². The number of nitrogens with zero attached hydrogens (tertiary/aromatic N) is 2. The number of amidine groups is 1. The topological polar surface area (TPSA) is 15.6 Å². The van der Waals surface area contributed by atoms with E-state index in [0.717, 1.165) is 0 Å². The van der Waals surface area contributed by atoms with Gasteiger partial charge in [-0.3, -0.25) is 0 Å². The fourth-order valence-corrected chi connectivity index (χ4v) is 2.54. The lowest BCUT2D eigenvalue weighted by Gasteiger charge is -2.15. The summed E-state index contributed by atoms with van der Waals surface area (Å²) in [5, 5.41) is 0.654. The lowest BCUT2D eigenvalue weighted by atomic mass is 10.4. The van der Waals surface area contributed by atoms with Gasteiger partial charge < -0.3 is 4.90 Å². The lowest BCUT2D eigenvalue weighted by Crippen LogP contribution is -2.27. The first-order chi connectivity index (χ1) is 5.42. The summed E-state index contributed by atoms with van der Waals surface area (Å²) in [6.45, 7) is 3.23. The smallest absolute Gasteiger partial charge is 0.137 e. The summed E-state index contributed by atoms with van der Waals surface area (Å²) in [6, 6.07) is 0. The van der Waals surface area contributed by atoms with Crippen molar-refractivity contribution in [3.63, 3.8) is 0 Å². The highest BCUT2D eigenvalue weighted by Crippen LogP contribution is 2.34. The van der Waals surface area contributed by atoms with E-state index in [4.69, 9.17) is 0 Å². The van der Waals surface area contributed by atoms with Crippen LogP contribution < -0.4 is 0 Å². The zero-order chi connectivity index (χ0) is 7.68. The second-order valence-electron chi connectivity index (χ2n) is 2.85. The van der Waals surface area contributed by atoms with Crippen molar-refractivity contribution in [3.05, 3.63) is 12.2 Å². The van der Waals surface area contributed by atoms with Gasteiger partial charge in [-0.2, -0.15) is 4.40 Å². The fraction of sp³-hybridized carbons (Fsp3) is 0.625. The Morgan fingerprint density at radius 1 is 1.73 bits per heavy atom. The van der Waals surface area contributed by atoms with Crippen LogP contribution in [0.2, 0.25) is 0 Å². The molecule has 0 radical (unpaired) electrons. The zero-order valence-corrected chi connectivity index (χ0v) is 7.47. The van der Waals surface area contributed by atoms with E-state index < -0.39 is 0 Å². The Balaban J connectivity index is 2.11. The minimum Gasteiger partial charge on any atom is -0.342 e. The third-order valence-corrected chi connectivity index (χ3v) is 3.10. The molecule has 3 heteroatoms. The van der Waals surface area contributed by atoms with Gasteiger partial charge in [0.15, 0.2) is 0 Å². The summed E-state index contributed by atoms with van der Waals surface area (Å²) in [5.74, 6) is 1.17. The first-order valence-electron chi connectivity index (χ1n) is 4.05. The molecule has 0 aromatic heterocycles. The van der Waals surface area contributed by atoms with E-state index in [9.17, 15) is 0 Å². The number of hydrogen-bond acceptors (Lipinski definition) is 3. The second kappa shape index (κ2) is 2.89. The second-order valence-corrected chi connectivity index (χ2v) is 3.78. The number of rotatable bonds is 1. The summed E-state index contributed by atoms with van der Waals surface area (Å²) in [4.78, 5) is 2.39. The Hall–Kier alpha value is -0.440. The molecule has 0 spiro atoms. The quantitative estimate of drug-likeness (QED) is 0.557. The van der Waals surface area contributed by atoms with Gasteiger partial charge in [0, 0.05) is 18.5 Å². The molecule has 2 aliphatic heterocycles. The first kappa shape index (κ1) is 7.22. The Labute approximate surface area is 71.5 Å². The van der Waals surface area contributed by atoms with E-state index in [1.54, 1.807) is 11.9 Å². The maximum atomic E-state index is 4.38. The maximum absolute atomic E-state index is 4.38. The van der Waals surface area contributed by atoms with Crippen LogP contribution >= 0.6 is 11.9 Å². The van der Waals surface area contributed by atoms with Gasteiger partial charge in [-0.1, -0.05) is 6.08 Å². The molecule has 11 heavy (non-hydrogen) atoms. The Morgan fingerprint density at radius 2 is 2.64 bits per heavy atom. The third kappa shape index (κ3) is 1.18. The molecule has 0 aromatic rings. The molecule has 0 aliphatic carbocycles. The van der Waals surface area contributed by atoms with Gasteiger partial charge in [0.1, 0.15) is 5.84 Å². The Kier molecular flexibility index (Phi) is 1.90. The van der Waals surface area contributed by atoms with Crippen LogP contribution in [0.15, 0.2) is 16.5 Å². The van der Waals surface area contributed by atoms with Gasteiger partial charge in [-0.15, -0.1) is 0 Å². The van der Waals surface area contributed by atoms with Crippen molar-refractivity contribution in [2.24, 2.45) is 4.40 Å². The van der Waals surface area contributed by atoms with E-state index >= 15 is 0 Å². The molecule has 1 atom stereocenters. The third-order valence-electron chi connectivity index (χ3n) is 2.08. The summed E-state index contributed by atoms with van der Waals surface area (Å²) < 4.78 is 4.38. The van der Waals surface area contributed by atoms with Crippen molar-refractivity contribution in [1.82, 2.24) is 4.90 Å².